The van der Waals surface area contributed by atoms with Crippen LogP contribution in [0.2, 0.25) is 0 Å². The molecule has 2 rings (SSSR count). The molecule has 1 aliphatic rings. The normalized spacial score (nSPS) is 18.2. The third-order valence-electron chi connectivity index (χ3n) is 2.53. The highest BCUT2D eigenvalue weighted by Gasteiger charge is 2.13. The van der Waals surface area contributed by atoms with Gasteiger partial charge in [-0.3, -0.25) is 0 Å². The molecule has 1 aromatic heterocycles. The minimum atomic E-state index is 0.398. The maximum Gasteiger partial charge on any atom is 0.228 e. The fourth-order valence-electron chi connectivity index (χ4n) is 1.72. The van der Waals surface area contributed by atoms with Crippen LogP contribution in [0.25, 0.3) is 0 Å². The molecule has 0 atom stereocenters. The first-order valence-corrected chi connectivity index (χ1v) is 5.46. The van der Waals surface area contributed by atoms with Crippen molar-refractivity contribution >= 4 is 0 Å². The minimum absolute atomic E-state index is 0.398. The van der Waals surface area contributed by atoms with E-state index in [1.807, 2.05) is 6.92 Å². The predicted molar refractivity (Wildman–Crippen MR) is 54.6 cm³/mol. The molecule has 0 bridgehead atoms. The standard InChI is InChI=1S/C10H17N3O2/c1-8-12-10(15-13-8)4-7-14-9-2-5-11-6-3-9/h9,11H,2-7H2,1H3. The van der Waals surface area contributed by atoms with Crippen molar-refractivity contribution in [3.05, 3.63) is 11.7 Å². The third kappa shape index (κ3) is 3.28. The second kappa shape index (κ2) is 5.23. The molecule has 1 aromatic rings. The molecule has 0 radical (unpaired) electrons. The third-order valence-corrected chi connectivity index (χ3v) is 2.53. The first kappa shape index (κ1) is 10.6. The van der Waals surface area contributed by atoms with Crippen LogP contribution in [0, 0.1) is 6.92 Å². The number of nitrogens with one attached hydrogen (secondary N) is 1. The lowest BCUT2D eigenvalue weighted by Gasteiger charge is -2.22. The van der Waals surface area contributed by atoms with Gasteiger partial charge in [0.05, 0.1) is 19.1 Å². The zero-order valence-corrected chi connectivity index (χ0v) is 9.03. The molecule has 1 aliphatic heterocycles. The predicted octanol–water partition coefficient (Wildman–Crippen LogP) is 0.689. The molecule has 1 fully saturated rings. The summed E-state index contributed by atoms with van der Waals surface area (Å²) >= 11 is 0. The van der Waals surface area contributed by atoms with Crippen molar-refractivity contribution < 1.29 is 9.26 Å². The van der Waals surface area contributed by atoms with Crippen molar-refractivity contribution in [2.75, 3.05) is 19.7 Å². The van der Waals surface area contributed by atoms with Crippen LogP contribution in [-0.2, 0) is 11.2 Å². The molecule has 0 amide bonds. The molecule has 5 heteroatoms. The topological polar surface area (TPSA) is 60.2 Å². The van der Waals surface area contributed by atoms with Gasteiger partial charge in [-0.05, 0) is 32.9 Å². The highest BCUT2D eigenvalue weighted by Crippen LogP contribution is 2.07. The van der Waals surface area contributed by atoms with E-state index in [9.17, 15) is 0 Å². The Bertz CT molecular complexity index is 295. The summed E-state index contributed by atoms with van der Waals surface area (Å²) in [7, 11) is 0. The summed E-state index contributed by atoms with van der Waals surface area (Å²) < 4.78 is 10.7. The van der Waals surface area contributed by atoms with E-state index in [4.69, 9.17) is 9.26 Å². The Labute approximate surface area is 89.2 Å². The molecule has 15 heavy (non-hydrogen) atoms. The van der Waals surface area contributed by atoms with Crippen molar-refractivity contribution in [3.8, 4) is 0 Å². The number of nitrogens with zero attached hydrogens (tertiary/aromatic N) is 2. The van der Waals surface area contributed by atoms with Crippen molar-refractivity contribution in [2.24, 2.45) is 0 Å². The number of piperidine rings is 1. The monoisotopic (exact) mass is 211 g/mol. The van der Waals surface area contributed by atoms with Gasteiger partial charge in [0, 0.05) is 0 Å². The molecule has 0 saturated carbocycles. The SMILES string of the molecule is Cc1noc(CCOC2CCNCC2)n1. The van der Waals surface area contributed by atoms with E-state index in [0.717, 1.165) is 25.9 Å². The van der Waals surface area contributed by atoms with Gasteiger partial charge in [-0.15, -0.1) is 0 Å². The molecule has 2 heterocycles. The molecule has 84 valence electrons. The Morgan fingerprint density at radius 3 is 2.93 bits per heavy atom. The van der Waals surface area contributed by atoms with Gasteiger partial charge in [0.2, 0.25) is 5.89 Å². The van der Waals surface area contributed by atoms with Crippen LogP contribution in [0.1, 0.15) is 24.6 Å². The number of hydrogen-bond acceptors (Lipinski definition) is 5. The number of hydrogen-bond donors (Lipinski definition) is 1. The van der Waals surface area contributed by atoms with Crippen LogP contribution >= 0.6 is 0 Å². The first-order valence-electron chi connectivity index (χ1n) is 5.46. The first-order chi connectivity index (χ1) is 7.34. The van der Waals surface area contributed by atoms with Crippen LogP contribution in [0.5, 0.6) is 0 Å². The maximum atomic E-state index is 5.73. The zero-order chi connectivity index (χ0) is 10.5. The molecular weight excluding hydrogens is 194 g/mol. The summed E-state index contributed by atoms with van der Waals surface area (Å²) in [5, 5.41) is 7.04. The Balaban J connectivity index is 1.65. The average Bonchev–Trinajstić information content (AvgIpc) is 2.66. The van der Waals surface area contributed by atoms with Gasteiger partial charge in [0.25, 0.3) is 0 Å². The van der Waals surface area contributed by atoms with Crippen LogP contribution < -0.4 is 5.32 Å². The van der Waals surface area contributed by atoms with Gasteiger partial charge in [-0.2, -0.15) is 4.98 Å². The van der Waals surface area contributed by atoms with E-state index in [-0.39, 0.29) is 0 Å². The number of rotatable bonds is 4. The van der Waals surface area contributed by atoms with Crippen molar-refractivity contribution in [2.45, 2.75) is 32.3 Å². The smallest absolute Gasteiger partial charge is 0.228 e. The fraction of sp³-hybridized carbons (Fsp3) is 0.800. The lowest BCUT2D eigenvalue weighted by Crippen LogP contribution is -2.32. The molecule has 0 spiro atoms. The van der Waals surface area contributed by atoms with E-state index in [2.05, 4.69) is 15.5 Å². The van der Waals surface area contributed by atoms with Gasteiger partial charge in [-0.1, -0.05) is 5.16 Å². The van der Waals surface area contributed by atoms with Gasteiger partial charge in [0.1, 0.15) is 0 Å². The Morgan fingerprint density at radius 1 is 1.47 bits per heavy atom. The Kier molecular flexibility index (Phi) is 3.69. The summed E-state index contributed by atoms with van der Waals surface area (Å²) in [6.45, 7) is 4.61. The molecule has 0 aromatic carbocycles. The van der Waals surface area contributed by atoms with E-state index >= 15 is 0 Å². The van der Waals surface area contributed by atoms with Crippen LogP contribution in [0.15, 0.2) is 4.52 Å². The maximum absolute atomic E-state index is 5.73. The van der Waals surface area contributed by atoms with Gasteiger partial charge in [-0.25, -0.2) is 0 Å². The van der Waals surface area contributed by atoms with E-state index in [0.29, 0.717) is 30.8 Å². The van der Waals surface area contributed by atoms with Crippen LogP contribution in [-0.4, -0.2) is 35.9 Å². The minimum Gasteiger partial charge on any atom is -0.378 e. The largest absolute Gasteiger partial charge is 0.378 e. The lowest BCUT2D eigenvalue weighted by atomic mass is 10.1. The molecule has 0 unspecified atom stereocenters. The molecule has 5 nitrogen and oxygen atoms in total. The number of ether oxygens (including phenoxy) is 1. The van der Waals surface area contributed by atoms with Crippen molar-refractivity contribution in [1.82, 2.24) is 15.5 Å². The van der Waals surface area contributed by atoms with Gasteiger partial charge >= 0.3 is 0 Å². The molecule has 0 aliphatic carbocycles. The summed E-state index contributed by atoms with van der Waals surface area (Å²) in [6, 6.07) is 0. The Hall–Kier alpha value is -0.940. The quantitative estimate of drug-likeness (QED) is 0.794. The van der Waals surface area contributed by atoms with Gasteiger partial charge < -0.3 is 14.6 Å². The van der Waals surface area contributed by atoms with E-state index < -0.39 is 0 Å². The van der Waals surface area contributed by atoms with Crippen LogP contribution in [0.4, 0.5) is 0 Å². The highest BCUT2D eigenvalue weighted by atomic mass is 16.5. The molecule has 1 saturated heterocycles. The fourth-order valence-corrected chi connectivity index (χ4v) is 1.72. The summed E-state index contributed by atoms with van der Waals surface area (Å²) in [6.07, 6.45) is 3.31. The highest BCUT2D eigenvalue weighted by molar-refractivity contribution is 4.82. The van der Waals surface area contributed by atoms with E-state index in [1.165, 1.54) is 0 Å². The second-order valence-electron chi connectivity index (χ2n) is 3.81. The van der Waals surface area contributed by atoms with Gasteiger partial charge in [0.15, 0.2) is 5.82 Å². The Morgan fingerprint density at radius 2 is 2.27 bits per heavy atom. The number of aryl methyl sites for hydroxylation is 1. The summed E-state index contributed by atoms with van der Waals surface area (Å²) in [5.41, 5.74) is 0. The van der Waals surface area contributed by atoms with Crippen molar-refractivity contribution in [1.29, 1.82) is 0 Å². The summed E-state index contributed by atoms with van der Waals surface area (Å²) in [5.74, 6) is 1.35. The van der Waals surface area contributed by atoms with Crippen molar-refractivity contribution in [3.63, 3.8) is 0 Å². The second-order valence-corrected chi connectivity index (χ2v) is 3.81. The average molecular weight is 211 g/mol. The van der Waals surface area contributed by atoms with E-state index in [1.54, 1.807) is 0 Å². The number of aromatic nitrogens is 2. The lowest BCUT2D eigenvalue weighted by molar-refractivity contribution is 0.0322. The zero-order valence-electron chi connectivity index (χ0n) is 9.03. The molecular formula is C10H17N3O2. The summed E-state index contributed by atoms with van der Waals surface area (Å²) in [4.78, 5) is 4.12. The van der Waals surface area contributed by atoms with Crippen LogP contribution in [0.3, 0.4) is 0 Å². The molecule has 1 N–H and O–H groups in total.